The zero-order valence-corrected chi connectivity index (χ0v) is 11.0. The molecule has 0 aromatic carbocycles. The number of rotatable bonds is 5. The number of aromatic nitrogens is 2. The average Bonchev–Trinajstić information content (AvgIpc) is 2.29. The van der Waals surface area contributed by atoms with Crippen LogP contribution in [0.5, 0.6) is 0 Å². The molecule has 1 amide bonds. The van der Waals surface area contributed by atoms with E-state index in [4.69, 9.17) is 0 Å². The summed E-state index contributed by atoms with van der Waals surface area (Å²) in [5, 5.41) is 11.1. The van der Waals surface area contributed by atoms with E-state index in [9.17, 15) is 4.79 Å². The van der Waals surface area contributed by atoms with E-state index in [1.807, 2.05) is 32.9 Å². The van der Waals surface area contributed by atoms with Gasteiger partial charge in [-0.3, -0.25) is 4.79 Å². The fourth-order valence-electron chi connectivity index (χ4n) is 1.44. The lowest BCUT2D eigenvalue weighted by atomic mass is 10.0. The highest BCUT2D eigenvalue weighted by Crippen LogP contribution is 2.15. The van der Waals surface area contributed by atoms with Crippen LogP contribution in [0.2, 0.25) is 0 Å². The molecule has 0 saturated carbocycles. The SMILES string of the molecule is Cc1ccc(C(C)CCNC(=O)C(C)C)nn1. The summed E-state index contributed by atoms with van der Waals surface area (Å²) >= 11 is 0. The number of hydrogen-bond donors (Lipinski definition) is 1. The third kappa shape index (κ3) is 4.51. The van der Waals surface area contributed by atoms with E-state index in [2.05, 4.69) is 22.4 Å². The van der Waals surface area contributed by atoms with Gasteiger partial charge in [-0.15, -0.1) is 0 Å². The van der Waals surface area contributed by atoms with Crippen LogP contribution in [-0.4, -0.2) is 22.6 Å². The molecule has 4 nitrogen and oxygen atoms in total. The monoisotopic (exact) mass is 235 g/mol. The summed E-state index contributed by atoms with van der Waals surface area (Å²) in [7, 11) is 0. The summed E-state index contributed by atoms with van der Waals surface area (Å²) in [6.45, 7) is 8.49. The lowest BCUT2D eigenvalue weighted by Gasteiger charge is -2.12. The molecule has 1 atom stereocenters. The molecule has 1 aromatic rings. The molecular weight excluding hydrogens is 214 g/mol. The number of amides is 1. The first kappa shape index (κ1) is 13.6. The van der Waals surface area contributed by atoms with Gasteiger partial charge in [-0.05, 0) is 25.5 Å². The summed E-state index contributed by atoms with van der Waals surface area (Å²) in [6, 6.07) is 3.96. The van der Waals surface area contributed by atoms with Crippen molar-refractivity contribution in [3.8, 4) is 0 Å². The molecule has 1 aromatic heterocycles. The molecule has 0 fully saturated rings. The lowest BCUT2D eigenvalue weighted by molar-refractivity contribution is -0.123. The third-order valence-corrected chi connectivity index (χ3v) is 2.72. The predicted octanol–water partition coefficient (Wildman–Crippen LogP) is 2.05. The van der Waals surface area contributed by atoms with Crippen LogP contribution in [0.1, 0.15) is 44.5 Å². The van der Waals surface area contributed by atoms with Gasteiger partial charge in [-0.1, -0.05) is 20.8 Å². The first-order chi connectivity index (χ1) is 8.00. The van der Waals surface area contributed by atoms with Gasteiger partial charge in [0.25, 0.3) is 0 Å². The molecule has 4 heteroatoms. The van der Waals surface area contributed by atoms with Crippen LogP contribution in [0.4, 0.5) is 0 Å². The van der Waals surface area contributed by atoms with Crippen molar-refractivity contribution in [1.29, 1.82) is 0 Å². The van der Waals surface area contributed by atoms with E-state index in [-0.39, 0.29) is 11.8 Å². The van der Waals surface area contributed by atoms with Crippen molar-refractivity contribution in [1.82, 2.24) is 15.5 Å². The Hall–Kier alpha value is -1.45. The average molecular weight is 235 g/mol. The number of hydrogen-bond acceptors (Lipinski definition) is 3. The largest absolute Gasteiger partial charge is 0.356 e. The highest BCUT2D eigenvalue weighted by molar-refractivity contribution is 5.77. The predicted molar refractivity (Wildman–Crippen MR) is 67.6 cm³/mol. The second kappa shape index (κ2) is 6.33. The standard InChI is InChI=1S/C13H21N3O/c1-9(2)13(17)14-8-7-10(3)12-6-5-11(4)15-16-12/h5-6,9-10H,7-8H2,1-4H3,(H,14,17). The van der Waals surface area contributed by atoms with Gasteiger partial charge in [0.15, 0.2) is 0 Å². The number of aryl methyl sites for hydroxylation is 1. The van der Waals surface area contributed by atoms with Gasteiger partial charge in [-0.25, -0.2) is 0 Å². The second-order valence-electron chi connectivity index (χ2n) is 4.74. The van der Waals surface area contributed by atoms with Gasteiger partial charge < -0.3 is 5.32 Å². The van der Waals surface area contributed by atoms with E-state index in [1.54, 1.807) is 0 Å². The van der Waals surface area contributed by atoms with Crippen LogP contribution in [0.25, 0.3) is 0 Å². The first-order valence-corrected chi connectivity index (χ1v) is 6.08. The Kier molecular flexibility index (Phi) is 5.07. The fourth-order valence-corrected chi connectivity index (χ4v) is 1.44. The summed E-state index contributed by atoms with van der Waals surface area (Å²) in [5.74, 6) is 0.465. The van der Waals surface area contributed by atoms with Crippen molar-refractivity contribution in [2.24, 2.45) is 5.92 Å². The molecule has 0 saturated heterocycles. The minimum Gasteiger partial charge on any atom is -0.356 e. The molecular formula is C13H21N3O. The van der Waals surface area contributed by atoms with Crippen LogP contribution >= 0.6 is 0 Å². The number of carbonyl (C=O) groups excluding carboxylic acids is 1. The van der Waals surface area contributed by atoms with Gasteiger partial charge in [0.1, 0.15) is 0 Å². The summed E-state index contributed by atoms with van der Waals surface area (Å²) in [4.78, 5) is 11.4. The first-order valence-electron chi connectivity index (χ1n) is 6.08. The van der Waals surface area contributed by atoms with E-state index in [1.165, 1.54) is 0 Å². The lowest BCUT2D eigenvalue weighted by Crippen LogP contribution is -2.29. The van der Waals surface area contributed by atoms with Crippen molar-refractivity contribution in [3.63, 3.8) is 0 Å². The molecule has 1 N–H and O–H groups in total. The van der Waals surface area contributed by atoms with Gasteiger partial charge in [0.05, 0.1) is 11.4 Å². The Morgan fingerprint density at radius 1 is 1.29 bits per heavy atom. The third-order valence-electron chi connectivity index (χ3n) is 2.72. The number of nitrogens with one attached hydrogen (secondary N) is 1. The molecule has 0 aliphatic heterocycles. The Labute approximate surface area is 103 Å². The van der Waals surface area contributed by atoms with Crippen molar-refractivity contribution >= 4 is 5.91 Å². The van der Waals surface area contributed by atoms with E-state index >= 15 is 0 Å². The molecule has 94 valence electrons. The zero-order valence-electron chi connectivity index (χ0n) is 11.0. The van der Waals surface area contributed by atoms with Crippen LogP contribution in [-0.2, 0) is 4.79 Å². The van der Waals surface area contributed by atoms with Crippen molar-refractivity contribution < 1.29 is 4.79 Å². The highest BCUT2D eigenvalue weighted by atomic mass is 16.1. The normalized spacial score (nSPS) is 12.5. The van der Waals surface area contributed by atoms with Gasteiger partial charge in [0.2, 0.25) is 5.91 Å². The Balaban J connectivity index is 2.37. The van der Waals surface area contributed by atoms with E-state index in [0.717, 1.165) is 17.8 Å². The molecule has 1 heterocycles. The summed E-state index contributed by atoms with van der Waals surface area (Å²) in [6.07, 6.45) is 0.885. The van der Waals surface area contributed by atoms with Gasteiger partial charge >= 0.3 is 0 Å². The van der Waals surface area contributed by atoms with E-state index < -0.39 is 0 Å². The van der Waals surface area contributed by atoms with Crippen molar-refractivity contribution in [2.75, 3.05) is 6.54 Å². The van der Waals surface area contributed by atoms with Crippen molar-refractivity contribution in [2.45, 2.75) is 40.0 Å². The molecule has 1 unspecified atom stereocenters. The Bertz CT molecular complexity index is 359. The molecule has 0 bridgehead atoms. The van der Waals surface area contributed by atoms with Crippen LogP contribution in [0.15, 0.2) is 12.1 Å². The topological polar surface area (TPSA) is 54.9 Å². The number of carbonyl (C=O) groups is 1. The smallest absolute Gasteiger partial charge is 0.222 e. The molecule has 0 spiro atoms. The molecule has 0 radical (unpaired) electrons. The van der Waals surface area contributed by atoms with Crippen molar-refractivity contribution in [3.05, 3.63) is 23.5 Å². The summed E-state index contributed by atoms with van der Waals surface area (Å²) < 4.78 is 0. The fraction of sp³-hybridized carbons (Fsp3) is 0.615. The van der Waals surface area contributed by atoms with Gasteiger partial charge in [0, 0.05) is 18.4 Å². The Morgan fingerprint density at radius 2 is 2.00 bits per heavy atom. The molecule has 0 aliphatic carbocycles. The van der Waals surface area contributed by atoms with Crippen LogP contribution in [0, 0.1) is 12.8 Å². The maximum absolute atomic E-state index is 11.4. The molecule has 17 heavy (non-hydrogen) atoms. The van der Waals surface area contributed by atoms with Crippen LogP contribution < -0.4 is 5.32 Å². The summed E-state index contributed by atoms with van der Waals surface area (Å²) in [5.41, 5.74) is 1.91. The van der Waals surface area contributed by atoms with E-state index in [0.29, 0.717) is 12.5 Å². The maximum atomic E-state index is 11.4. The zero-order chi connectivity index (χ0) is 12.8. The second-order valence-corrected chi connectivity index (χ2v) is 4.74. The minimum atomic E-state index is 0.0458. The highest BCUT2D eigenvalue weighted by Gasteiger charge is 2.09. The van der Waals surface area contributed by atoms with Gasteiger partial charge in [-0.2, -0.15) is 10.2 Å². The Morgan fingerprint density at radius 3 is 2.53 bits per heavy atom. The maximum Gasteiger partial charge on any atom is 0.222 e. The molecule has 1 rings (SSSR count). The van der Waals surface area contributed by atoms with Crippen LogP contribution in [0.3, 0.4) is 0 Å². The molecule has 0 aliphatic rings. The minimum absolute atomic E-state index is 0.0458. The quantitative estimate of drug-likeness (QED) is 0.849. The number of nitrogens with zero attached hydrogens (tertiary/aromatic N) is 2.